The number of hydrogen-bond donors (Lipinski definition) is 0. The second-order valence-electron chi connectivity index (χ2n) is 5.49. The molecule has 0 aliphatic carbocycles. The fourth-order valence-electron chi connectivity index (χ4n) is 2.38. The van der Waals surface area contributed by atoms with Gasteiger partial charge in [0.2, 0.25) is 21.8 Å². The summed E-state index contributed by atoms with van der Waals surface area (Å²) in [5, 5.41) is 7.64. The van der Waals surface area contributed by atoms with Crippen LogP contribution in [0.15, 0.2) is 27.6 Å². The zero-order chi connectivity index (χ0) is 18.9. The van der Waals surface area contributed by atoms with Gasteiger partial charge in [0.1, 0.15) is 16.7 Å². The van der Waals surface area contributed by atoms with Gasteiger partial charge in [-0.1, -0.05) is 6.92 Å². The van der Waals surface area contributed by atoms with Crippen LogP contribution in [0.4, 0.5) is 13.2 Å². The van der Waals surface area contributed by atoms with Gasteiger partial charge in [0.25, 0.3) is 0 Å². The molecule has 0 spiro atoms. The lowest BCUT2D eigenvalue weighted by molar-refractivity contribution is -0.141. The van der Waals surface area contributed by atoms with Crippen LogP contribution in [0.1, 0.15) is 30.5 Å². The highest BCUT2D eigenvalue weighted by atomic mass is 32.2. The predicted octanol–water partition coefficient (Wildman–Crippen LogP) is 1.81. The molecule has 1 aliphatic rings. The second-order valence-corrected chi connectivity index (χ2v) is 7.42. The average molecular weight is 392 g/mol. The van der Waals surface area contributed by atoms with E-state index in [1.165, 1.54) is 0 Å². The Morgan fingerprint density at radius 3 is 2.65 bits per heavy atom. The molecule has 3 heterocycles. The minimum Gasteiger partial charge on any atom is -0.422 e. The van der Waals surface area contributed by atoms with E-state index in [-0.39, 0.29) is 30.5 Å². The van der Waals surface area contributed by atoms with Crippen molar-refractivity contribution in [3.05, 3.63) is 35.8 Å². The van der Waals surface area contributed by atoms with Crippen molar-refractivity contribution >= 4 is 10.0 Å². The Morgan fingerprint density at radius 1 is 1.31 bits per heavy atom. The maximum atomic E-state index is 12.7. The summed E-state index contributed by atoms with van der Waals surface area (Å²) < 4.78 is 75.0. The number of ether oxygens (including phenoxy) is 1. The summed E-state index contributed by atoms with van der Waals surface area (Å²) in [6, 6.07) is 1.52. The van der Waals surface area contributed by atoms with Crippen LogP contribution < -0.4 is 0 Å². The van der Waals surface area contributed by atoms with E-state index in [4.69, 9.17) is 9.15 Å². The zero-order valence-electron chi connectivity index (χ0n) is 13.6. The molecule has 0 unspecified atom stereocenters. The summed E-state index contributed by atoms with van der Waals surface area (Å²) in [7, 11) is -4.03. The van der Waals surface area contributed by atoms with Crippen LogP contribution in [-0.4, -0.2) is 47.6 Å². The Bertz CT molecular complexity index is 867. The fraction of sp³-hybridized carbons (Fsp3) is 0.500. The van der Waals surface area contributed by atoms with Gasteiger partial charge >= 0.3 is 6.18 Å². The van der Waals surface area contributed by atoms with E-state index in [0.717, 1.165) is 10.4 Å². The van der Waals surface area contributed by atoms with Crippen molar-refractivity contribution in [3.8, 4) is 0 Å². The fourth-order valence-corrected chi connectivity index (χ4v) is 3.75. The SMILES string of the molecule is CCc1nnc([C@H]2CN(S(=O)(=O)c3ccc(C(F)(F)F)nc3)CCO2)o1. The molecule has 0 aromatic carbocycles. The normalized spacial score (nSPS) is 19.6. The number of aromatic nitrogens is 3. The summed E-state index contributed by atoms with van der Waals surface area (Å²) in [5.41, 5.74) is -1.16. The Morgan fingerprint density at radius 2 is 2.08 bits per heavy atom. The van der Waals surface area contributed by atoms with Gasteiger partial charge in [-0.05, 0) is 12.1 Å². The van der Waals surface area contributed by atoms with Crippen molar-refractivity contribution < 1.29 is 30.7 Å². The average Bonchev–Trinajstić information content (AvgIpc) is 3.10. The van der Waals surface area contributed by atoms with Gasteiger partial charge < -0.3 is 9.15 Å². The molecule has 1 aliphatic heterocycles. The molecule has 2 aromatic rings. The van der Waals surface area contributed by atoms with Crippen LogP contribution in [0.25, 0.3) is 0 Å². The second kappa shape index (κ2) is 6.93. The number of rotatable bonds is 4. The van der Waals surface area contributed by atoms with Crippen molar-refractivity contribution in [1.82, 2.24) is 19.5 Å². The molecule has 1 saturated heterocycles. The van der Waals surface area contributed by atoms with E-state index in [2.05, 4.69) is 15.2 Å². The van der Waals surface area contributed by atoms with E-state index in [9.17, 15) is 21.6 Å². The first-order valence-electron chi connectivity index (χ1n) is 7.69. The molecular weight excluding hydrogens is 377 g/mol. The third kappa shape index (κ3) is 3.71. The minimum atomic E-state index is -4.64. The van der Waals surface area contributed by atoms with Crippen molar-refractivity contribution in [2.75, 3.05) is 19.7 Å². The maximum Gasteiger partial charge on any atom is 0.433 e. The minimum absolute atomic E-state index is 0.0502. The van der Waals surface area contributed by atoms with Gasteiger partial charge in [-0.15, -0.1) is 10.2 Å². The van der Waals surface area contributed by atoms with E-state index < -0.39 is 28.0 Å². The summed E-state index contributed by atoms with van der Waals surface area (Å²) in [6.45, 7) is 1.87. The molecule has 0 amide bonds. The zero-order valence-corrected chi connectivity index (χ0v) is 14.4. The molecule has 0 saturated carbocycles. The molecule has 2 aromatic heterocycles. The van der Waals surface area contributed by atoms with Gasteiger partial charge in [-0.25, -0.2) is 8.42 Å². The number of alkyl halides is 3. The predicted molar refractivity (Wildman–Crippen MR) is 80.4 cm³/mol. The van der Waals surface area contributed by atoms with Crippen LogP contribution in [0, 0.1) is 0 Å². The summed E-state index contributed by atoms with van der Waals surface area (Å²) in [6.07, 6.45) is -4.15. The van der Waals surface area contributed by atoms with Crippen LogP contribution in [-0.2, 0) is 27.4 Å². The Balaban J connectivity index is 1.80. The van der Waals surface area contributed by atoms with Crippen molar-refractivity contribution in [3.63, 3.8) is 0 Å². The summed E-state index contributed by atoms with van der Waals surface area (Å²) in [4.78, 5) is 2.87. The number of morpholine rings is 1. The third-order valence-electron chi connectivity index (χ3n) is 3.75. The summed E-state index contributed by atoms with van der Waals surface area (Å²) >= 11 is 0. The van der Waals surface area contributed by atoms with Crippen molar-refractivity contribution in [1.29, 1.82) is 0 Å². The number of halogens is 3. The monoisotopic (exact) mass is 392 g/mol. The van der Waals surface area contributed by atoms with Gasteiger partial charge in [0.05, 0.1) is 6.61 Å². The Labute approximate surface area is 147 Å². The highest BCUT2D eigenvalue weighted by Crippen LogP contribution is 2.29. The van der Waals surface area contributed by atoms with Gasteiger partial charge in [-0.2, -0.15) is 17.5 Å². The molecule has 0 bridgehead atoms. The number of nitrogens with zero attached hydrogens (tertiary/aromatic N) is 4. The molecule has 26 heavy (non-hydrogen) atoms. The lowest BCUT2D eigenvalue weighted by Crippen LogP contribution is -2.42. The molecule has 0 radical (unpaired) electrons. The molecule has 3 rings (SSSR count). The lowest BCUT2D eigenvalue weighted by atomic mass is 10.3. The molecule has 1 atom stereocenters. The molecule has 8 nitrogen and oxygen atoms in total. The number of pyridine rings is 1. The topological polar surface area (TPSA) is 98.4 Å². The van der Waals surface area contributed by atoms with Gasteiger partial charge in [-0.3, -0.25) is 4.98 Å². The van der Waals surface area contributed by atoms with Crippen LogP contribution in [0.5, 0.6) is 0 Å². The van der Waals surface area contributed by atoms with E-state index in [1.807, 2.05) is 6.92 Å². The van der Waals surface area contributed by atoms with Gasteiger partial charge in [0.15, 0.2) is 0 Å². The third-order valence-corrected chi connectivity index (χ3v) is 5.60. The van der Waals surface area contributed by atoms with Gasteiger partial charge in [0, 0.05) is 25.7 Å². The summed E-state index contributed by atoms with van der Waals surface area (Å²) in [5.74, 6) is 0.558. The van der Waals surface area contributed by atoms with E-state index in [0.29, 0.717) is 24.6 Å². The number of hydrogen-bond acceptors (Lipinski definition) is 7. The van der Waals surface area contributed by atoms with Crippen LogP contribution in [0.2, 0.25) is 0 Å². The molecule has 0 N–H and O–H groups in total. The number of aryl methyl sites for hydroxylation is 1. The quantitative estimate of drug-likeness (QED) is 0.782. The van der Waals surface area contributed by atoms with Crippen LogP contribution in [0.3, 0.4) is 0 Å². The smallest absolute Gasteiger partial charge is 0.422 e. The molecule has 12 heteroatoms. The first-order valence-corrected chi connectivity index (χ1v) is 9.13. The Hall–Kier alpha value is -2.05. The molecule has 142 valence electrons. The van der Waals surface area contributed by atoms with E-state index in [1.54, 1.807) is 0 Å². The highest BCUT2D eigenvalue weighted by Gasteiger charge is 2.36. The molecular formula is C14H15F3N4O4S. The van der Waals surface area contributed by atoms with E-state index >= 15 is 0 Å². The van der Waals surface area contributed by atoms with Crippen molar-refractivity contribution in [2.45, 2.75) is 30.5 Å². The first-order chi connectivity index (χ1) is 12.2. The lowest BCUT2D eigenvalue weighted by Gasteiger charge is -2.30. The molecule has 1 fully saturated rings. The maximum absolute atomic E-state index is 12.7. The Kier molecular flexibility index (Phi) is 4.99. The van der Waals surface area contributed by atoms with Crippen LogP contribution >= 0.6 is 0 Å². The number of sulfonamides is 1. The highest BCUT2D eigenvalue weighted by molar-refractivity contribution is 7.89. The largest absolute Gasteiger partial charge is 0.433 e. The van der Waals surface area contributed by atoms with Crippen molar-refractivity contribution in [2.24, 2.45) is 0 Å². The first kappa shape index (κ1) is 18.7. The standard InChI is InChI=1S/C14H15F3N4O4S/c1-2-12-19-20-13(25-12)10-8-21(5-6-24-10)26(22,23)9-3-4-11(18-7-9)14(15,16)17/h3-4,7,10H,2,5-6,8H2,1H3/t10-/m1/s1.